The zero-order valence-corrected chi connectivity index (χ0v) is 23.7. The fraction of sp³-hybridized carbons (Fsp3) is 0.485. The first-order chi connectivity index (χ1) is 19.1. The lowest BCUT2D eigenvalue weighted by Gasteiger charge is -2.54. The average molecular weight is 542 g/mol. The highest BCUT2D eigenvalue weighted by molar-refractivity contribution is 6.01. The Kier molecular flexibility index (Phi) is 7.63. The zero-order valence-electron chi connectivity index (χ0n) is 23.7. The number of aromatic hydroxyl groups is 1. The molecule has 40 heavy (non-hydrogen) atoms. The van der Waals surface area contributed by atoms with Crippen molar-refractivity contribution in [3.05, 3.63) is 59.2 Å². The summed E-state index contributed by atoms with van der Waals surface area (Å²) in [6.07, 6.45) is 5.41. The number of carbonyl (C=O) groups is 3. The van der Waals surface area contributed by atoms with Crippen molar-refractivity contribution in [2.75, 3.05) is 11.4 Å². The number of phenols is 1. The molecule has 7 heteroatoms. The number of hydrogen-bond acceptors (Lipinski definition) is 4. The summed E-state index contributed by atoms with van der Waals surface area (Å²) in [5, 5.41) is 16.3. The SMILES string of the molecule is CC#C[C@@H](CC(=O)NC12CCC(NC(=O)C3CC(=O)N(c4c(C)cccc4C)C3)(CC1)CC2)c1ccc(O)cc1. The van der Waals surface area contributed by atoms with Gasteiger partial charge in [0.1, 0.15) is 5.75 Å². The summed E-state index contributed by atoms with van der Waals surface area (Å²) in [6, 6.07) is 12.9. The first kappa shape index (κ1) is 27.8. The van der Waals surface area contributed by atoms with Crippen LogP contribution in [0.4, 0.5) is 5.69 Å². The minimum Gasteiger partial charge on any atom is -0.508 e. The molecule has 210 valence electrons. The molecule has 3 N–H and O–H groups in total. The Bertz CT molecular complexity index is 1330. The summed E-state index contributed by atoms with van der Waals surface area (Å²) in [4.78, 5) is 41.2. The van der Waals surface area contributed by atoms with E-state index in [1.165, 1.54) is 0 Å². The topological polar surface area (TPSA) is 98.7 Å². The van der Waals surface area contributed by atoms with Gasteiger partial charge in [-0.25, -0.2) is 0 Å². The van der Waals surface area contributed by atoms with Crippen molar-refractivity contribution in [3.8, 4) is 17.6 Å². The Morgan fingerprint density at radius 1 is 0.975 bits per heavy atom. The number of anilines is 1. The van der Waals surface area contributed by atoms with Crippen molar-refractivity contribution < 1.29 is 19.5 Å². The van der Waals surface area contributed by atoms with E-state index >= 15 is 0 Å². The van der Waals surface area contributed by atoms with Crippen molar-refractivity contribution in [1.29, 1.82) is 0 Å². The zero-order chi connectivity index (χ0) is 28.5. The molecule has 1 unspecified atom stereocenters. The minimum atomic E-state index is -0.356. The number of rotatable bonds is 7. The van der Waals surface area contributed by atoms with Crippen LogP contribution in [0.3, 0.4) is 0 Å². The molecule has 2 aromatic carbocycles. The molecule has 3 aliphatic carbocycles. The van der Waals surface area contributed by atoms with Gasteiger partial charge in [-0.05, 0) is 88.1 Å². The third-order valence-electron chi connectivity index (χ3n) is 9.25. The molecule has 0 radical (unpaired) electrons. The molecule has 4 aliphatic rings. The fourth-order valence-electron chi connectivity index (χ4n) is 6.92. The fourth-order valence-corrected chi connectivity index (χ4v) is 6.92. The number of phenolic OH excluding ortho intramolecular Hbond substituents is 1. The Balaban J connectivity index is 1.17. The monoisotopic (exact) mass is 541 g/mol. The Labute approximate surface area is 236 Å². The number of hydrogen-bond donors (Lipinski definition) is 3. The van der Waals surface area contributed by atoms with E-state index in [9.17, 15) is 19.5 Å². The lowest BCUT2D eigenvalue weighted by molar-refractivity contribution is -0.131. The van der Waals surface area contributed by atoms with Crippen LogP contribution in [0.15, 0.2) is 42.5 Å². The van der Waals surface area contributed by atoms with E-state index in [0.29, 0.717) is 6.54 Å². The van der Waals surface area contributed by atoms with Gasteiger partial charge in [-0.15, -0.1) is 5.92 Å². The Hall–Kier alpha value is -3.79. The lowest BCUT2D eigenvalue weighted by Crippen LogP contribution is -2.64. The van der Waals surface area contributed by atoms with Gasteiger partial charge < -0.3 is 20.6 Å². The second kappa shape index (κ2) is 11.0. The van der Waals surface area contributed by atoms with Gasteiger partial charge in [0.15, 0.2) is 0 Å². The molecule has 4 fully saturated rings. The summed E-state index contributed by atoms with van der Waals surface area (Å²) < 4.78 is 0. The van der Waals surface area contributed by atoms with Gasteiger partial charge >= 0.3 is 0 Å². The van der Waals surface area contributed by atoms with Crippen LogP contribution in [0.2, 0.25) is 0 Å². The predicted octanol–water partition coefficient (Wildman–Crippen LogP) is 4.64. The molecule has 0 spiro atoms. The van der Waals surface area contributed by atoms with E-state index in [0.717, 1.165) is 60.9 Å². The highest BCUT2D eigenvalue weighted by atomic mass is 16.3. The highest BCUT2D eigenvalue weighted by Gasteiger charge is 2.51. The Morgan fingerprint density at radius 2 is 1.55 bits per heavy atom. The van der Waals surface area contributed by atoms with Gasteiger partial charge in [0, 0.05) is 36.2 Å². The average Bonchev–Trinajstić information content (AvgIpc) is 3.31. The number of benzene rings is 2. The minimum absolute atomic E-state index is 0.00226. The maximum atomic E-state index is 13.4. The van der Waals surface area contributed by atoms with Crippen molar-refractivity contribution in [2.45, 2.75) is 89.1 Å². The van der Waals surface area contributed by atoms with Crippen LogP contribution in [-0.2, 0) is 14.4 Å². The molecule has 3 saturated carbocycles. The number of amides is 3. The van der Waals surface area contributed by atoms with E-state index in [-0.39, 0.29) is 59.2 Å². The second-order valence-electron chi connectivity index (χ2n) is 12.0. The van der Waals surface area contributed by atoms with Crippen LogP contribution in [0.1, 0.15) is 80.9 Å². The smallest absolute Gasteiger partial charge is 0.227 e. The molecule has 1 saturated heterocycles. The third-order valence-corrected chi connectivity index (χ3v) is 9.25. The van der Waals surface area contributed by atoms with Crippen molar-refractivity contribution >= 4 is 23.4 Å². The second-order valence-corrected chi connectivity index (χ2v) is 12.0. The summed E-state index contributed by atoms with van der Waals surface area (Å²) in [5.74, 6) is 5.62. The standard InChI is InChI=1S/C33H39N3O4/c1-4-6-25(24-9-11-27(37)12-10-24)19-28(38)34-32-13-16-33(17-14-32,18-15-32)35-31(40)26-20-29(39)36(21-26)30-22(2)7-5-8-23(30)3/h5,7-12,25-26,37H,13-21H2,1-3H3,(H,34,38)(H,35,40)/t25-,26?,32?,33?/m0/s1. The number of carbonyl (C=O) groups excluding carboxylic acids is 3. The van der Waals surface area contributed by atoms with Crippen LogP contribution >= 0.6 is 0 Å². The van der Waals surface area contributed by atoms with Gasteiger partial charge in [-0.2, -0.15) is 0 Å². The van der Waals surface area contributed by atoms with Crippen LogP contribution in [0.25, 0.3) is 0 Å². The number of aryl methyl sites for hydroxylation is 2. The molecule has 2 atom stereocenters. The van der Waals surface area contributed by atoms with Crippen LogP contribution in [0, 0.1) is 31.6 Å². The Morgan fingerprint density at radius 3 is 2.12 bits per heavy atom. The van der Waals surface area contributed by atoms with E-state index in [2.05, 4.69) is 22.5 Å². The molecular weight excluding hydrogens is 502 g/mol. The highest BCUT2D eigenvalue weighted by Crippen LogP contribution is 2.47. The molecule has 3 amide bonds. The molecular formula is C33H39N3O4. The number of fused-ring (bicyclic) bond motifs is 3. The number of para-hydroxylation sites is 1. The largest absolute Gasteiger partial charge is 0.508 e. The third kappa shape index (κ3) is 5.58. The summed E-state index contributed by atoms with van der Waals surface area (Å²) in [6.45, 7) is 6.18. The quantitative estimate of drug-likeness (QED) is 0.445. The van der Waals surface area contributed by atoms with E-state index in [4.69, 9.17) is 0 Å². The summed E-state index contributed by atoms with van der Waals surface area (Å²) >= 11 is 0. The van der Waals surface area contributed by atoms with Crippen molar-refractivity contribution in [3.63, 3.8) is 0 Å². The van der Waals surface area contributed by atoms with E-state index < -0.39 is 0 Å². The van der Waals surface area contributed by atoms with Gasteiger partial charge in [0.2, 0.25) is 17.7 Å². The van der Waals surface area contributed by atoms with E-state index in [1.807, 2.05) is 44.2 Å². The van der Waals surface area contributed by atoms with Gasteiger partial charge in [-0.1, -0.05) is 36.3 Å². The molecule has 1 heterocycles. The van der Waals surface area contributed by atoms with Crippen molar-refractivity contribution in [1.82, 2.24) is 10.6 Å². The van der Waals surface area contributed by atoms with Gasteiger partial charge in [-0.3, -0.25) is 14.4 Å². The maximum absolute atomic E-state index is 13.4. The van der Waals surface area contributed by atoms with Gasteiger partial charge in [0.25, 0.3) is 0 Å². The first-order valence-electron chi connectivity index (χ1n) is 14.3. The number of nitrogens with zero attached hydrogens (tertiary/aromatic N) is 1. The molecule has 7 nitrogen and oxygen atoms in total. The number of nitrogens with one attached hydrogen (secondary N) is 2. The van der Waals surface area contributed by atoms with Crippen LogP contribution in [0.5, 0.6) is 5.75 Å². The van der Waals surface area contributed by atoms with Crippen LogP contribution < -0.4 is 15.5 Å². The maximum Gasteiger partial charge on any atom is 0.227 e. The lowest BCUT2D eigenvalue weighted by atomic mass is 9.61. The molecule has 6 rings (SSSR count). The molecule has 2 aromatic rings. The molecule has 1 aliphatic heterocycles. The molecule has 2 bridgehead atoms. The first-order valence-corrected chi connectivity index (χ1v) is 14.3. The predicted molar refractivity (Wildman–Crippen MR) is 155 cm³/mol. The summed E-state index contributed by atoms with van der Waals surface area (Å²) in [5.41, 5.74) is 3.42. The normalized spacial score (nSPS) is 26.1. The van der Waals surface area contributed by atoms with E-state index in [1.54, 1.807) is 24.0 Å². The summed E-state index contributed by atoms with van der Waals surface area (Å²) in [7, 11) is 0. The van der Waals surface area contributed by atoms with Crippen LogP contribution in [-0.4, -0.2) is 40.5 Å². The van der Waals surface area contributed by atoms with Crippen molar-refractivity contribution in [2.24, 2.45) is 5.92 Å². The van der Waals surface area contributed by atoms with Gasteiger partial charge in [0.05, 0.1) is 11.8 Å². The molecule has 0 aromatic heterocycles.